The molecule has 0 unspecified atom stereocenters. The molecule has 2 aromatic rings. The van der Waals surface area contributed by atoms with Crippen LogP contribution in [-0.4, -0.2) is 11.3 Å². The zero-order valence-electron chi connectivity index (χ0n) is 16.5. The highest BCUT2D eigenvalue weighted by Crippen LogP contribution is 2.36. The van der Waals surface area contributed by atoms with Gasteiger partial charge in [-0.2, -0.15) is 10.2 Å². The maximum Gasteiger partial charge on any atom is 0.146 e. The number of nitrogens with zero attached hydrogens (tertiary/aromatic N) is 2. The van der Waals surface area contributed by atoms with Crippen molar-refractivity contribution in [2.45, 2.75) is 65.2 Å². The van der Waals surface area contributed by atoms with Crippen molar-refractivity contribution in [1.82, 2.24) is 0 Å². The summed E-state index contributed by atoms with van der Waals surface area (Å²) in [7, 11) is 0. The fourth-order valence-electron chi connectivity index (χ4n) is 3.48. The molecule has 2 N–H and O–H groups in total. The molecule has 3 rings (SSSR count). The van der Waals surface area contributed by atoms with Crippen LogP contribution >= 0.6 is 0 Å². The molecule has 27 heavy (non-hydrogen) atoms. The Morgan fingerprint density at radius 3 is 2.48 bits per heavy atom. The van der Waals surface area contributed by atoms with Crippen LogP contribution in [0.25, 0.3) is 0 Å². The lowest BCUT2D eigenvalue weighted by Gasteiger charge is -2.27. The van der Waals surface area contributed by atoms with Gasteiger partial charge in [0.05, 0.1) is 11.9 Å². The van der Waals surface area contributed by atoms with E-state index < -0.39 is 0 Å². The van der Waals surface area contributed by atoms with Crippen LogP contribution in [0, 0.1) is 0 Å². The van der Waals surface area contributed by atoms with E-state index in [1.165, 1.54) is 37.7 Å². The Hall–Kier alpha value is -2.49. The number of anilines is 2. The number of phenolic OH excluding ortho intramolecular Hbond substituents is 1. The highest BCUT2D eigenvalue weighted by molar-refractivity contribution is 5.91. The van der Waals surface area contributed by atoms with Gasteiger partial charge in [0.15, 0.2) is 0 Å². The number of phenols is 1. The van der Waals surface area contributed by atoms with Gasteiger partial charge < -0.3 is 5.11 Å². The Balaban J connectivity index is 1.88. The molecule has 1 aliphatic rings. The minimum Gasteiger partial charge on any atom is -0.505 e. The van der Waals surface area contributed by atoms with Crippen molar-refractivity contribution in [1.29, 1.82) is 0 Å². The third kappa shape index (κ3) is 4.82. The maximum atomic E-state index is 10.9. The van der Waals surface area contributed by atoms with Gasteiger partial charge in [-0.15, -0.1) is 0 Å². The number of hydrazine groups is 1. The van der Waals surface area contributed by atoms with Crippen LogP contribution in [0.5, 0.6) is 5.75 Å². The fraction of sp³-hybridized carbons (Fsp3) is 0.435. The summed E-state index contributed by atoms with van der Waals surface area (Å²) in [6.07, 6.45) is 10.9. The van der Waals surface area contributed by atoms with Crippen LogP contribution in [0.2, 0.25) is 0 Å². The molecule has 0 radical (unpaired) electrons. The van der Waals surface area contributed by atoms with Crippen molar-refractivity contribution in [2.24, 2.45) is 5.10 Å². The average Bonchev–Trinajstić information content (AvgIpc) is 2.70. The molecule has 0 spiro atoms. The van der Waals surface area contributed by atoms with E-state index in [-0.39, 0.29) is 0 Å². The molecule has 0 saturated heterocycles. The van der Waals surface area contributed by atoms with Crippen LogP contribution in [-0.2, 0) is 12.8 Å². The molecule has 0 saturated carbocycles. The summed E-state index contributed by atoms with van der Waals surface area (Å²) in [5.74, 6) is 0.342. The average molecular weight is 366 g/mol. The van der Waals surface area contributed by atoms with Gasteiger partial charge in [0.25, 0.3) is 0 Å². The lowest BCUT2D eigenvalue weighted by Crippen LogP contribution is -2.28. The second-order valence-corrected chi connectivity index (χ2v) is 7.29. The Kier molecular flexibility index (Phi) is 6.74. The van der Waals surface area contributed by atoms with Gasteiger partial charge in [-0.3, -0.25) is 5.43 Å². The molecule has 0 bridgehead atoms. The molecule has 0 atom stereocenters. The van der Waals surface area contributed by atoms with Crippen molar-refractivity contribution >= 4 is 17.6 Å². The number of hydrogen-bond acceptors (Lipinski definition) is 4. The second kappa shape index (κ2) is 9.45. The summed E-state index contributed by atoms with van der Waals surface area (Å²) >= 11 is 0. The van der Waals surface area contributed by atoms with Gasteiger partial charge in [-0.1, -0.05) is 63.8 Å². The summed E-state index contributed by atoms with van der Waals surface area (Å²) in [6.45, 7) is 4.43. The highest BCUT2D eigenvalue weighted by atomic mass is 16.3. The van der Waals surface area contributed by atoms with Crippen molar-refractivity contribution in [2.75, 3.05) is 10.5 Å². The number of para-hydroxylation sites is 1. The topological polar surface area (TPSA) is 47.9 Å². The Bertz CT molecular complexity index is 785. The number of aromatic hydroxyl groups is 1. The Morgan fingerprint density at radius 2 is 1.70 bits per heavy atom. The molecule has 4 nitrogen and oxygen atoms in total. The number of unbranched alkanes of at least 4 members (excludes halogenated alkanes) is 4. The van der Waals surface area contributed by atoms with E-state index in [1.807, 2.05) is 30.5 Å². The molecule has 4 heteroatoms. The third-order valence-corrected chi connectivity index (χ3v) is 5.07. The molecular formula is C23H31N3O. The highest BCUT2D eigenvalue weighted by Gasteiger charge is 2.19. The zero-order valence-corrected chi connectivity index (χ0v) is 16.5. The van der Waals surface area contributed by atoms with Crippen molar-refractivity contribution in [3.8, 4) is 5.75 Å². The standard InChI is InChI=1S/C23H31N3O/c1-3-5-7-11-18-15-19(12-8-6-4-2)23(27)22(16-18)26-24-17-20-13-9-10-14-21(20)25-26/h9-10,13-17,25,27H,3-8,11-12H2,1-2H3. The number of hydrazone groups is 1. The molecule has 0 fully saturated rings. The van der Waals surface area contributed by atoms with Gasteiger partial charge in [0, 0.05) is 5.56 Å². The molecule has 144 valence electrons. The number of rotatable bonds is 9. The first-order valence-electron chi connectivity index (χ1n) is 10.3. The van der Waals surface area contributed by atoms with Gasteiger partial charge in [-0.05, 0) is 48.9 Å². The predicted molar refractivity (Wildman–Crippen MR) is 115 cm³/mol. The summed E-state index contributed by atoms with van der Waals surface area (Å²) in [5, 5.41) is 17.1. The molecule has 0 aromatic heterocycles. The van der Waals surface area contributed by atoms with Crippen LogP contribution in [0.3, 0.4) is 0 Å². The smallest absolute Gasteiger partial charge is 0.146 e. The summed E-state index contributed by atoms with van der Waals surface area (Å²) < 4.78 is 0. The minimum atomic E-state index is 0.342. The summed E-state index contributed by atoms with van der Waals surface area (Å²) in [6, 6.07) is 12.3. The zero-order chi connectivity index (χ0) is 19.1. The van der Waals surface area contributed by atoms with Crippen molar-refractivity contribution in [3.63, 3.8) is 0 Å². The van der Waals surface area contributed by atoms with E-state index in [2.05, 4.69) is 36.5 Å². The van der Waals surface area contributed by atoms with E-state index in [9.17, 15) is 5.11 Å². The third-order valence-electron chi connectivity index (χ3n) is 5.07. The van der Waals surface area contributed by atoms with Gasteiger partial charge in [0.1, 0.15) is 11.4 Å². The monoisotopic (exact) mass is 365 g/mol. The SMILES string of the molecule is CCCCCc1cc(CCCCC)c(O)c(N2N=Cc3ccccc3N2)c1. The first kappa shape index (κ1) is 19.3. The first-order valence-corrected chi connectivity index (χ1v) is 10.3. The molecule has 0 amide bonds. The van der Waals surface area contributed by atoms with Crippen LogP contribution < -0.4 is 10.5 Å². The lowest BCUT2D eigenvalue weighted by molar-refractivity contribution is 0.466. The first-order chi connectivity index (χ1) is 13.2. The second-order valence-electron chi connectivity index (χ2n) is 7.29. The van der Waals surface area contributed by atoms with Crippen molar-refractivity contribution < 1.29 is 5.11 Å². The number of hydrogen-bond donors (Lipinski definition) is 2. The quantitative estimate of drug-likeness (QED) is 0.533. The Morgan fingerprint density at radius 1 is 0.963 bits per heavy atom. The van der Waals surface area contributed by atoms with Crippen LogP contribution in [0.15, 0.2) is 41.5 Å². The number of aryl methyl sites for hydroxylation is 2. The summed E-state index contributed by atoms with van der Waals surface area (Å²) in [5.41, 5.74) is 8.41. The number of fused-ring (bicyclic) bond motifs is 1. The normalized spacial score (nSPS) is 12.7. The minimum absolute atomic E-state index is 0.342. The fourth-order valence-corrected chi connectivity index (χ4v) is 3.48. The van der Waals surface area contributed by atoms with Gasteiger partial charge in [-0.25, -0.2) is 0 Å². The van der Waals surface area contributed by atoms with Gasteiger partial charge in [0.2, 0.25) is 0 Å². The van der Waals surface area contributed by atoms with E-state index in [0.29, 0.717) is 5.75 Å². The van der Waals surface area contributed by atoms with E-state index >= 15 is 0 Å². The molecular weight excluding hydrogens is 334 g/mol. The van der Waals surface area contributed by atoms with Crippen molar-refractivity contribution in [3.05, 3.63) is 53.1 Å². The van der Waals surface area contributed by atoms with E-state index in [0.717, 1.165) is 41.8 Å². The van der Waals surface area contributed by atoms with E-state index in [4.69, 9.17) is 0 Å². The van der Waals surface area contributed by atoms with Crippen LogP contribution in [0.4, 0.5) is 11.4 Å². The number of nitrogens with one attached hydrogen (secondary N) is 1. The maximum absolute atomic E-state index is 10.9. The molecule has 1 heterocycles. The number of benzene rings is 2. The largest absolute Gasteiger partial charge is 0.505 e. The van der Waals surface area contributed by atoms with E-state index in [1.54, 1.807) is 5.12 Å². The molecule has 2 aromatic carbocycles. The lowest BCUT2D eigenvalue weighted by atomic mass is 9.99. The molecule has 1 aliphatic heterocycles. The molecule has 0 aliphatic carbocycles. The summed E-state index contributed by atoms with van der Waals surface area (Å²) in [4.78, 5) is 0. The van der Waals surface area contributed by atoms with Crippen LogP contribution in [0.1, 0.15) is 69.1 Å². The predicted octanol–water partition coefficient (Wildman–Crippen LogP) is 6.04. The Labute approximate surface area is 162 Å². The van der Waals surface area contributed by atoms with Gasteiger partial charge >= 0.3 is 0 Å².